The topological polar surface area (TPSA) is 50.2 Å². The van der Waals surface area contributed by atoms with Gasteiger partial charge in [0.05, 0.1) is 5.56 Å². The van der Waals surface area contributed by atoms with E-state index in [-0.39, 0.29) is 0 Å². The number of aromatic nitrogens is 1. The Morgan fingerprint density at radius 1 is 1.47 bits per heavy atom. The first-order chi connectivity index (χ1) is 7.18. The molecule has 0 aliphatic heterocycles. The smallest absolute Gasteiger partial charge is 0.335 e. The van der Waals surface area contributed by atoms with E-state index in [1.807, 2.05) is 11.4 Å². The summed E-state index contributed by atoms with van der Waals surface area (Å²) in [5.74, 6) is -0.891. The van der Waals surface area contributed by atoms with Crippen LogP contribution in [0.1, 0.15) is 15.9 Å². The van der Waals surface area contributed by atoms with E-state index in [0.717, 1.165) is 16.1 Å². The van der Waals surface area contributed by atoms with Crippen LogP contribution in [0.25, 0.3) is 10.6 Å². The monoisotopic (exact) mass is 219 g/mol. The van der Waals surface area contributed by atoms with Gasteiger partial charge in [0.1, 0.15) is 5.01 Å². The van der Waals surface area contributed by atoms with Gasteiger partial charge in [-0.1, -0.05) is 6.07 Å². The van der Waals surface area contributed by atoms with Crippen LogP contribution >= 0.6 is 11.3 Å². The third kappa shape index (κ3) is 1.89. The van der Waals surface area contributed by atoms with Gasteiger partial charge >= 0.3 is 5.97 Å². The van der Waals surface area contributed by atoms with Crippen LogP contribution in [-0.2, 0) is 0 Å². The number of nitrogens with zero attached hydrogens (tertiary/aromatic N) is 1. The van der Waals surface area contributed by atoms with E-state index in [1.54, 1.807) is 36.6 Å². The molecule has 0 aliphatic rings. The zero-order chi connectivity index (χ0) is 10.8. The lowest BCUT2D eigenvalue weighted by molar-refractivity contribution is 0.0696. The molecule has 76 valence electrons. The molecule has 0 aliphatic carbocycles. The van der Waals surface area contributed by atoms with Crippen LogP contribution in [0.3, 0.4) is 0 Å². The highest BCUT2D eigenvalue weighted by Gasteiger charge is 2.08. The van der Waals surface area contributed by atoms with Gasteiger partial charge in [0.25, 0.3) is 0 Å². The Hall–Kier alpha value is -1.68. The fourth-order valence-electron chi connectivity index (χ4n) is 1.40. The highest BCUT2D eigenvalue weighted by Crippen LogP contribution is 2.23. The first-order valence-corrected chi connectivity index (χ1v) is 5.30. The Balaban J connectivity index is 2.47. The Morgan fingerprint density at radius 2 is 2.27 bits per heavy atom. The molecule has 1 heterocycles. The molecule has 1 N–H and O–H groups in total. The number of thiazole rings is 1. The SMILES string of the molecule is Cc1cc(-c2nccs2)ccc1C(=O)O. The zero-order valence-corrected chi connectivity index (χ0v) is 8.91. The van der Waals surface area contributed by atoms with Crippen molar-refractivity contribution in [2.45, 2.75) is 6.92 Å². The van der Waals surface area contributed by atoms with E-state index in [0.29, 0.717) is 5.56 Å². The van der Waals surface area contributed by atoms with Crippen molar-refractivity contribution in [3.63, 3.8) is 0 Å². The van der Waals surface area contributed by atoms with Gasteiger partial charge in [0.2, 0.25) is 0 Å². The lowest BCUT2D eigenvalue weighted by atomic mass is 10.1. The Labute approximate surface area is 91.0 Å². The standard InChI is InChI=1S/C11H9NO2S/c1-7-6-8(10-12-4-5-15-10)2-3-9(7)11(13)14/h2-6H,1H3,(H,13,14). The molecule has 4 heteroatoms. The molecule has 1 aromatic heterocycles. The van der Waals surface area contributed by atoms with E-state index >= 15 is 0 Å². The van der Waals surface area contributed by atoms with E-state index < -0.39 is 5.97 Å². The first-order valence-electron chi connectivity index (χ1n) is 4.42. The van der Waals surface area contributed by atoms with Crippen molar-refractivity contribution in [2.24, 2.45) is 0 Å². The number of benzene rings is 1. The second-order valence-corrected chi connectivity index (χ2v) is 4.07. The summed E-state index contributed by atoms with van der Waals surface area (Å²) in [7, 11) is 0. The van der Waals surface area contributed by atoms with Crippen molar-refractivity contribution in [1.29, 1.82) is 0 Å². The molecule has 2 aromatic rings. The van der Waals surface area contributed by atoms with Gasteiger partial charge in [-0.3, -0.25) is 0 Å². The third-order valence-electron chi connectivity index (χ3n) is 2.14. The molecule has 0 saturated heterocycles. The summed E-state index contributed by atoms with van der Waals surface area (Å²) >= 11 is 1.54. The molecule has 0 fully saturated rings. The molecule has 0 unspecified atom stereocenters. The van der Waals surface area contributed by atoms with Crippen molar-refractivity contribution in [3.8, 4) is 10.6 Å². The lowest BCUT2D eigenvalue weighted by Crippen LogP contribution is -1.99. The summed E-state index contributed by atoms with van der Waals surface area (Å²) in [6, 6.07) is 5.26. The molecule has 0 radical (unpaired) electrons. The van der Waals surface area contributed by atoms with Crippen LogP contribution in [0.2, 0.25) is 0 Å². The number of hydrogen-bond acceptors (Lipinski definition) is 3. The van der Waals surface area contributed by atoms with Gasteiger partial charge in [0.15, 0.2) is 0 Å². The van der Waals surface area contributed by atoms with Crippen molar-refractivity contribution in [2.75, 3.05) is 0 Å². The lowest BCUT2D eigenvalue weighted by Gasteiger charge is -2.02. The number of carbonyl (C=O) groups is 1. The summed E-state index contributed by atoms with van der Waals surface area (Å²) in [6.07, 6.45) is 1.74. The van der Waals surface area contributed by atoms with Gasteiger partial charge < -0.3 is 5.11 Å². The molecule has 0 atom stereocenters. The predicted octanol–water partition coefficient (Wildman–Crippen LogP) is 2.82. The minimum absolute atomic E-state index is 0.343. The Bertz CT molecular complexity index is 491. The van der Waals surface area contributed by atoms with Crippen molar-refractivity contribution < 1.29 is 9.90 Å². The molecule has 1 aromatic carbocycles. The van der Waals surface area contributed by atoms with E-state index in [2.05, 4.69) is 4.98 Å². The molecule has 2 rings (SSSR count). The molecular formula is C11H9NO2S. The summed E-state index contributed by atoms with van der Waals surface area (Å²) in [4.78, 5) is 15.0. The second kappa shape index (κ2) is 3.82. The second-order valence-electron chi connectivity index (χ2n) is 3.17. The zero-order valence-electron chi connectivity index (χ0n) is 8.10. The van der Waals surface area contributed by atoms with E-state index in [9.17, 15) is 4.79 Å². The van der Waals surface area contributed by atoms with Crippen LogP contribution in [0.15, 0.2) is 29.8 Å². The molecule has 15 heavy (non-hydrogen) atoms. The maximum absolute atomic E-state index is 10.8. The van der Waals surface area contributed by atoms with Crippen LogP contribution < -0.4 is 0 Å². The maximum Gasteiger partial charge on any atom is 0.335 e. The molecule has 0 bridgehead atoms. The quantitative estimate of drug-likeness (QED) is 0.844. The van der Waals surface area contributed by atoms with Crippen LogP contribution in [0.4, 0.5) is 0 Å². The van der Waals surface area contributed by atoms with Gasteiger partial charge in [-0.25, -0.2) is 9.78 Å². The normalized spacial score (nSPS) is 10.2. The van der Waals surface area contributed by atoms with Crippen molar-refractivity contribution in [1.82, 2.24) is 4.98 Å². The fraction of sp³-hybridized carbons (Fsp3) is 0.0909. The average Bonchev–Trinajstić information content (AvgIpc) is 2.69. The van der Waals surface area contributed by atoms with Crippen LogP contribution in [0.5, 0.6) is 0 Å². The maximum atomic E-state index is 10.8. The van der Waals surface area contributed by atoms with Gasteiger partial charge in [0, 0.05) is 17.1 Å². The molecule has 0 spiro atoms. The van der Waals surface area contributed by atoms with Gasteiger partial charge in [-0.05, 0) is 24.6 Å². The summed E-state index contributed by atoms with van der Waals surface area (Å²) in [6.45, 7) is 1.79. The predicted molar refractivity (Wildman–Crippen MR) is 59.2 cm³/mol. The number of carboxylic acids is 1. The minimum Gasteiger partial charge on any atom is -0.478 e. The highest BCUT2D eigenvalue weighted by molar-refractivity contribution is 7.13. The van der Waals surface area contributed by atoms with Crippen molar-refractivity contribution in [3.05, 3.63) is 40.9 Å². The number of aryl methyl sites for hydroxylation is 1. The van der Waals surface area contributed by atoms with Gasteiger partial charge in [-0.2, -0.15) is 0 Å². The molecular weight excluding hydrogens is 210 g/mol. The Morgan fingerprint density at radius 3 is 2.80 bits per heavy atom. The number of hydrogen-bond donors (Lipinski definition) is 1. The number of aromatic carboxylic acids is 1. The van der Waals surface area contributed by atoms with E-state index in [4.69, 9.17) is 5.11 Å². The number of rotatable bonds is 2. The Kier molecular flexibility index (Phi) is 2.51. The van der Waals surface area contributed by atoms with E-state index in [1.165, 1.54) is 0 Å². The summed E-state index contributed by atoms with van der Waals surface area (Å²) < 4.78 is 0. The molecule has 3 nitrogen and oxygen atoms in total. The van der Waals surface area contributed by atoms with Crippen molar-refractivity contribution >= 4 is 17.3 Å². The fourth-order valence-corrected chi connectivity index (χ4v) is 2.04. The van der Waals surface area contributed by atoms with Gasteiger partial charge in [-0.15, -0.1) is 11.3 Å². The summed E-state index contributed by atoms with van der Waals surface area (Å²) in [5, 5.41) is 11.7. The largest absolute Gasteiger partial charge is 0.478 e. The molecule has 0 saturated carbocycles. The summed E-state index contributed by atoms with van der Waals surface area (Å²) in [5.41, 5.74) is 2.07. The highest BCUT2D eigenvalue weighted by atomic mass is 32.1. The average molecular weight is 219 g/mol. The van der Waals surface area contributed by atoms with Crippen LogP contribution in [-0.4, -0.2) is 16.1 Å². The number of carboxylic acid groups (broad SMARTS) is 1. The third-order valence-corrected chi connectivity index (χ3v) is 2.96. The molecule has 0 amide bonds. The minimum atomic E-state index is -0.891. The van der Waals surface area contributed by atoms with Crippen LogP contribution in [0, 0.1) is 6.92 Å². The first kappa shape index (κ1) is 9.86.